The topological polar surface area (TPSA) is 130 Å². The highest BCUT2D eigenvalue weighted by Crippen LogP contribution is 2.27. The van der Waals surface area contributed by atoms with E-state index in [4.69, 9.17) is 0 Å². The molecule has 154 valence electrons. The van der Waals surface area contributed by atoms with Gasteiger partial charge in [-0.1, -0.05) is 36.4 Å². The number of nitrogens with one attached hydrogen (secondary N) is 4. The zero-order valence-electron chi connectivity index (χ0n) is 16.1. The molecule has 2 aromatic carbocycles. The van der Waals surface area contributed by atoms with Crippen molar-refractivity contribution >= 4 is 39.5 Å². The summed E-state index contributed by atoms with van der Waals surface area (Å²) in [5.41, 5.74) is 5.50. The van der Waals surface area contributed by atoms with Gasteiger partial charge in [-0.05, 0) is 24.1 Å². The maximum atomic E-state index is 12.5. The van der Waals surface area contributed by atoms with Gasteiger partial charge in [0.1, 0.15) is 11.9 Å². The molecule has 8 nitrogen and oxygen atoms in total. The summed E-state index contributed by atoms with van der Waals surface area (Å²) < 4.78 is 0. The number of para-hydroxylation sites is 2. The lowest BCUT2D eigenvalue weighted by atomic mass is 10.0. The van der Waals surface area contributed by atoms with E-state index < -0.39 is 12.0 Å². The van der Waals surface area contributed by atoms with Gasteiger partial charge in [-0.25, -0.2) is 4.79 Å². The van der Waals surface area contributed by atoms with Crippen LogP contribution in [0.15, 0.2) is 54.7 Å². The first-order valence-corrected chi connectivity index (χ1v) is 9.63. The summed E-state index contributed by atoms with van der Waals surface area (Å²) in [5.74, 6) is -1.02. The second-order valence-electron chi connectivity index (χ2n) is 7.16. The Morgan fingerprint density at radius 3 is 2.43 bits per heavy atom. The van der Waals surface area contributed by atoms with Gasteiger partial charge in [-0.15, -0.1) is 0 Å². The fraction of sp³-hybridized carbons (Fsp3) is 0.182. The summed E-state index contributed by atoms with van der Waals surface area (Å²) in [4.78, 5) is 30.4. The first-order valence-electron chi connectivity index (χ1n) is 9.63. The van der Waals surface area contributed by atoms with Gasteiger partial charge in [0.25, 0.3) is 0 Å². The van der Waals surface area contributed by atoms with E-state index in [0.29, 0.717) is 12.2 Å². The lowest BCUT2D eigenvalue weighted by molar-refractivity contribution is -0.141. The normalized spacial score (nSPS) is 12.2. The van der Waals surface area contributed by atoms with Gasteiger partial charge < -0.3 is 20.4 Å². The molecule has 0 bridgehead atoms. The average Bonchev–Trinajstić information content (AvgIpc) is 3.32. The van der Waals surface area contributed by atoms with E-state index in [0.717, 1.165) is 32.9 Å². The Kier molecular flexibility index (Phi) is 5.40. The summed E-state index contributed by atoms with van der Waals surface area (Å²) in [7, 11) is 0. The molecule has 0 radical (unpaired) electrons. The number of fused-ring (bicyclic) bond motifs is 2. The third kappa shape index (κ3) is 3.85. The monoisotopic (exact) mass is 406 g/mol. The molecule has 0 unspecified atom stereocenters. The van der Waals surface area contributed by atoms with Gasteiger partial charge in [0.15, 0.2) is 0 Å². The molecular weight excluding hydrogens is 384 g/mol. The van der Waals surface area contributed by atoms with Crippen LogP contribution >= 0.6 is 0 Å². The highest BCUT2D eigenvalue weighted by Gasteiger charge is 2.22. The van der Waals surface area contributed by atoms with Crippen LogP contribution in [0.5, 0.6) is 0 Å². The van der Waals surface area contributed by atoms with Crippen molar-refractivity contribution in [3.8, 4) is 0 Å². The molecule has 0 spiro atoms. The molecule has 0 aliphatic rings. The minimum atomic E-state index is -1.08. The fourth-order valence-corrected chi connectivity index (χ4v) is 3.78. The minimum absolute atomic E-state index is 0.0915. The quantitative estimate of drug-likeness (QED) is 0.250. The van der Waals surface area contributed by atoms with Gasteiger partial charge in [0, 0.05) is 46.4 Å². The number of aromatic amines is 2. The van der Waals surface area contributed by atoms with Crippen LogP contribution in [0.2, 0.25) is 0 Å². The number of rotatable bonds is 8. The van der Waals surface area contributed by atoms with E-state index >= 15 is 0 Å². The molecule has 0 saturated heterocycles. The van der Waals surface area contributed by atoms with E-state index in [1.54, 1.807) is 6.20 Å². The van der Waals surface area contributed by atoms with Gasteiger partial charge in [0.05, 0.1) is 0 Å². The Bertz CT molecular complexity index is 1210. The number of carbonyl (C=O) groups excluding carboxylic acids is 1. The molecule has 1 atom stereocenters. The summed E-state index contributed by atoms with van der Waals surface area (Å²) in [6.45, 7) is 0. The number of hydrogen-bond acceptors (Lipinski definition) is 4. The lowest BCUT2D eigenvalue weighted by Crippen LogP contribution is -2.42. The third-order valence-electron chi connectivity index (χ3n) is 5.26. The smallest absolute Gasteiger partial charge is 0.326 e. The number of amides is 1. The number of anilines is 1. The van der Waals surface area contributed by atoms with Gasteiger partial charge >= 0.3 is 5.97 Å². The average molecular weight is 406 g/mol. The summed E-state index contributed by atoms with van der Waals surface area (Å²) in [6.07, 6.45) is 2.39. The van der Waals surface area contributed by atoms with Crippen LogP contribution in [-0.2, 0) is 22.4 Å². The highest BCUT2D eigenvalue weighted by atomic mass is 16.5. The van der Waals surface area contributed by atoms with Crippen molar-refractivity contribution in [2.45, 2.75) is 25.3 Å². The molecule has 8 heteroatoms. The van der Waals surface area contributed by atoms with Crippen LogP contribution in [-0.4, -0.2) is 38.2 Å². The number of carboxylic acids is 1. The van der Waals surface area contributed by atoms with Crippen molar-refractivity contribution in [1.29, 1.82) is 0 Å². The molecule has 0 fully saturated rings. The molecule has 4 aromatic rings. The number of aromatic nitrogens is 2. The first-order chi connectivity index (χ1) is 14.6. The minimum Gasteiger partial charge on any atom is -0.480 e. The number of aliphatic carboxylic acids is 1. The molecule has 2 heterocycles. The number of benzene rings is 2. The largest absolute Gasteiger partial charge is 0.480 e. The molecule has 1 amide bonds. The third-order valence-corrected chi connectivity index (χ3v) is 5.26. The van der Waals surface area contributed by atoms with Crippen molar-refractivity contribution in [1.82, 2.24) is 15.3 Å². The van der Waals surface area contributed by atoms with Crippen LogP contribution in [0, 0.1) is 0 Å². The number of aryl methyl sites for hydroxylation is 1. The SMILES string of the molecule is O=C(CCc1c(NO)[nH]c2ccccc12)N[C@@H](Cc1c[nH]c2ccccc12)C(=O)O. The van der Waals surface area contributed by atoms with E-state index in [2.05, 4.69) is 20.8 Å². The van der Waals surface area contributed by atoms with Crippen LogP contribution in [0.1, 0.15) is 17.5 Å². The predicted octanol–water partition coefficient (Wildman–Crippen LogP) is 3.20. The van der Waals surface area contributed by atoms with E-state index in [1.807, 2.05) is 48.5 Å². The second kappa shape index (κ2) is 8.30. The second-order valence-corrected chi connectivity index (χ2v) is 7.16. The molecular formula is C22H22N4O4. The van der Waals surface area contributed by atoms with Crippen molar-refractivity contribution in [2.24, 2.45) is 0 Å². The van der Waals surface area contributed by atoms with Crippen LogP contribution in [0.25, 0.3) is 21.8 Å². The standard InChI is InChI=1S/C22H22N4O4/c27-20(10-9-16-15-6-2-4-8-18(15)25-21(16)26-30)24-19(22(28)29)11-13-12-23-17-7-3-1-5-14(13)17/h1-8,12,19,23,25-26,30H,9-11H2,(H,24,27)(H,28,29)/t19-/m0/s1. The maximum Gasteiger partial charge on any atom is 0.326 e. The lowest BCUT2D eigenvalue weighted by Gasteiger charge is -2.14. The molecule has 2 aromatic heterocycles. The summed E-state index contributed by atoms with van der Waals surface area (Å²) >= 11 is 0. The Labute approximate surface area is 171 Å². The van der Waals surface area contributed by atoms with Crippen LogP contribution in [0.3, 0.4) is 0 Å². The number of carbonyl (C=O) groups is 2. The molecule has 6 N–H and O–H groups in total. The van der Waals surface area contributed by atoms with Gasteiger partial charge in [-0.2, -0.15) is 0 Å². The summed E-state index contributed by atoms with van der Waals surface area (Å²) in [6, 6.07) is 14.1. The fourth-order valence-electron chi connectivity index (χ4n) is 3.78. The molecule has 0 aliphatic carbocycles. The molecule has 4 rings (SSSR count). The summed E-state index contributed by atoms with van der Waals surface area (Å²) in [5, 5.41) is 23.4. The Balaban J connectivity index is 1.45. The highest BCUT2D eigenvalue weighted by molar-refractivity contribution is 5.90. The Morgan fingerprint density at radius 2 is 1.70 bits per heavy atom. The number of hydrogen-bond donors (Lipinski definition) is 6. The first kappa shape index (κ1) is 19.5. The van der Waals surface area contributed by atoms with Gasteiger partial charge in [0.2, 0.25) is 5.91 Å². The van der Waals surface area contributed by atoms with E-state index in [1.165, 1.54) is 0 Å². The Morgan fingerprint density at radius 1 is 1.00 bits per heavy atom. The van der Waals surface area contributed by atoms with E-state index in [9.17, 15) is 19.9 Å². The number of carboxylic acid groups (broad SMARTS) is 1. The predicted molar refractivity (Wildman–Crippen MR) is 114 cm³/mol. The molecule has 30 heavy (non-hydrogen) atoms. The van der Waals surface area contributed by atoms with Crippen LogP contribution in [0.4, 0.5) is 5.82 Å². The zero-order valence-corrected chi connectivity index (χ0v) is 16.1. The van der Waals surface area contributed by atoms with Crippen LogP contribution < -0.4 is 10.8 Å². The van der Waals surface area contributed by atoms with Gasteiger partial charge in [-0.3, -0.25) is 15.5 Å². The molecule has 0 aliphatic heterocycles. The van der Waals surface area contributed by atoms with Crippen molar-refractivity contribution in [3.05, 3.63) is 65.9 Å². The van der Waals surface area contributed by atoms with Crippen molar-refractivity contribution < 1.29 is 19.9 Å². The van der Waals surface area contributed by atoms with Crippen molar-refractivity contribution in [2.75, 3.05) is 5.48 Å². The number of H-pyrrole nitrogens is 2. The maximum absolute atomic E-state index is 12.5. The van der Waals surface area contributed by atoms with Crippen molar-refractivity contribution in [3.63, 3.8) is 0 Å². The molecule has 0 saturated carbocycles. The van der Waals surface area contributed by atoms with E-state index in [-0.39, 0.29) is 18.7 Å². The Hall–Kier alpha value is -3.78. The zero-order chi connectivity index (χ0) is 21.1.